The van der Waals surface area contributed by atoms with E-state index in [-0.39, 0.29) is 60.4 Å². The number of aliphatic hydroxyl groups is 2. The number of anilines is 1. The average molecular weight is 578 g/mol. The minimum absolute atomic E-state index is 0.0344. The molecule has 2 atom stereocenters. The molecule has 11 heteroatoms. The average Bonchev–Trinajstić information content (AvgIpc) is 3.44. The van der Waals surface area contributed by atoms with Crippen LogP contribution in [0.1, 0.15) is 68.0 Å². The lowest BCUT2D eigenvalue weighted by Crippen LogP contribution is -2.57. The maximum absolute atomic E-state index is 14.0. The number of hydrogen-bond donors (Lipinski definition) is 5. The number of fused-ring (bicyclic) bond motifs is 3. The molecular weight excluding hydrogens is 546 g/mol. The second-order valence-electron chi connectivity index (χ2n) is 10.8. The molecule has 0 aromatic heterocycles. The molecule has 42 heavy (non-hydrogen) atoms. The molecule has 5 N–H and O–H groups in total. The first-order valence-corrected chi connectivity index (χ1v) is 13.5. The van der Waals surface area contributed by atoms with Crippen molar-refractivity contribution in [2.24, 2.45) is 0 Å². The zero-order valence-corrected chi connectivity index (χ0v) is 23.3. The minimum atomic E-state index is -1.78. The number of methoxy groups -OCH3 is 2. The Morgan fingerprint density at radius 3 is 2.33 bits per heavy atom. The van der Waals surface area contributed by atoms with Gasteiger partial charge in [-0.2, -0.15) is 0 Å². The van der Waals surface area contributed by atoms with Crippen molar-refractivity contribution in [2.75, 3.05) is 32.8 Å². The van der Waals surface area contributed by atoms with Gasteiger partial charge in [-0.05, 0) is 30.7 Å². The summed E-state index contributed by atoms with van der Waals surface area (Å²) in [6, 6.07) is 10.1. The Morgan fingerprint density at radius 2 is 1.64 bits per heavy atom. The van der Waals surface area contributed by atoms with Crippen molar-refractivity contribution in [1.82, 2.24) is 0 Å². The number of ketones is 2. The van der Waals surface area contributed by atoms with Crippen LogP contribution in [-0.2, 0) is 22.4 Å². The SMILES string of the molecule is COc1ccc(CNc2cccc3c2C(=O)c2c(O)c4c(c(O)c2C3=O)C[C@@](O)(C2(C)OCCO2)C[C@@H]4O)cc1OC. The summed E-state index contributed by atoms with van der Waals surface area (Å²) in [4.78, 5) is 27.8. The number of carbonyl (C=O) groups is 2. The van der Waals surface area contributed by atoms with Crippen LogP contribution in [0, 0.1) is 0 Å². The standard InChI is InChI=1S/C31H31NO10/c1-30(41-9-10-42-30)31(38)12-17-23(19(33)13-31)29(37)25-24(27(17)35)26(34)16-5-4-6-18(22(16)28(25)36)32-14-15-7-8-20(39-2)21(11-15)40-3/h4-8,11,19,32-33,35,37-38H,9-10,12-14H2,1-3H3/t19-,31-/m0/s1. The molecule has 6 rings (SSSR count). The monoisotopic (exact) mass is 577 g/mol. The van der Waals surface area contributed by atoms with Crippen molar-refractivity contribution in [3.05, 3.63) is 75.3 Å². The second kappa shape index (κ2) is 9.99. The number of benzene rings is 3. The number of nitrogens with one attached hydrogen (secondary N) is 1. The first-order chi connectivity index (χ1) is 20.0. The number of hydrogen-bond acceptors (Lipinski definition) is 11. The number of carbonyl (C=O) groups excluding carboxylic acids is 2. The van der Waals surface area contributed by atoms with Gasteiger partial charge in [0.05, 0.1) is 50.2 Å². The first kappa shape index (κ1) is 28.0. The molecule has 0 unspecified atom stereocenters. The lowest BCUT2D eigenvalue weighted by atomic mass is 9.70. The Morgan fingerprint density at radius 1 is 0.952 bits per heavy atom. The number of rotatable bonds is 6. The van der Waals surface area contributed by atoms with E-state index in [9.17, 15) is 30.0 Å². The van der Waals surface area contributed by atoms with Crippen LogP contribution in [-0.4, -0.2) is 70.8 Å². The van der Waals surface area contributed by atoms with Gasteiger partial charge in [0.1, 0.15) is 17.1 Å². The van der Waals surface area contributed by atoms with E-state index in [0.717, 1.165) is 5.56 Å². The molecule has 1 fully saturated rings. The third kappa shape index (κ3) is 4.03. The molecule has 0 spiro atoms. The summed E-state index contributed by atoms with van der Waals surface area (Å²) < 4.78 is 21.9. The van der Waals surface area contributed by atoms with Crippen LogP contribution >= 0.6 is 0 Å². The zero-order chi connectivity index (χ0) is 30.0. The van der Waals surface area contributed by atoms with E-state index >= 15 is 0 Å². The highest BCUT2D eigenvalue weighted by Gasteiger charge is 2.56. The summed E-state index contributed by atoms with van der Waals surface area (Å²) in [6.45, 7) is 2.27. The molecular formula is C31H31NO10. The van der Waals surface area contributed by atoms with E-state index in [1.54, 1.807) is 24.3 Å². The fourth-order valence-electron chi connectivity index (χ4n) is 6.27. The van der Waals surface area contributed by atoms with Gasteiger partial charge in [-0.15, -0.1) is 0 Å². The number of phenolic OH excluding ortho intramolecular Hbond substituents is 2. The third-order valence-corrected chi connectivity index (χ3v) is 8.53. The van der Waals surface area contributed by atoms with Gasteiger partial charge in [0.25, 0.3) is 0 Å². The summed E-state index contributed by atoms with van der Waals surface area (Å²) in [5.74, 6) is -2.94. The summed E-state index contributed by atoms with van der Waals surface area (Å²) in [6.07, 6.45) is -2.06. The van der Waals surface area contributed by atoms with Gasteiger partial charge in [-0.1, -0.05) is 18.2 Å². The maximum Gasteiger partial charge on any atom is 0.200 e. The Kier molecular flexibility index (Phi) is 6.65. The predicted molar refractivity (Wildman–Crippen MR) is 148 cm³/mol. The highest BCUT2D eigenvalue weighted by Crippen LogP contribution is 2.53. The molecule has 3 aliphatic rings. The highest BCUT2D eigenvalue weighted by molar-refractivity contribution is 6.32. The normalized spacial score (nSPS) is 22.3. The molecule has 2 aliphatic carbocycles. The van der Waals surface area contributed by atoms with Crippen molar-refractivity contribution in [3.63, 3.8) is 0 Å². The quantitative estimate of drug-likeness (QED) is 0.214. The lowest BCUT2D eigenvalue weighted by Gasteiger charge is -2.45. The van der Waals surface area contributed by atoms with Crippen molar-refractivity contribution in [2.45, 2.75) is 43.8 Å². The number of aliphatic hydroxyl groups excluding tert-OH is 1. The lowest BCUT2D eigenvalue weighted by molar-refractivity contribution is -0.269. The Labute approximate surface area is 241 Å². The number of phenols is 2. The Hall–Kier alpha value is -4.16. The summed E-state index contributed by atoms with van der Waals surface area (Å²) in [7, 11) is 3.06. The van der Waals surface area contributed by atoms with Crippen LogP contribution in [0.25, 0.3) is 0 Å². The van der Waals surface area contributed by atoms with E-state index in [1.165, 1.54) is 27.2 Å². The van der Waals surface area contributed by atoms with Crippen LogP contribution < -0.4 is 14.8 Å². The summed E-state index contributed by atoms with van der Waals surface area (Å²) in [5.41, 5.74) is -1.47. The van der Waals surface area contributed by atoms with E-state index in [0.29, 0.717) is 17.2 Å². The topological polar surface area (TPSA) is 164 Å². The molecule has 220 valence electrons. The molecule has 1 heterocycles. The van der Waals surface area contributed by atoms with Crippen molar-refractivity contribution < 1.29 is 49.0 Å². The molecule has 0 radical (unpaired) electrons. The number of ether oxygens (including phenoxy) is 4. The smallest absolute Gasteiger partial charge is 0.200 e. The Bertz CT molecular complexity index is 1630. The Balaban J connectivity index is 1.40. The summed E-state index contributed by atoms with van der Waals surface area (Å²) >= 11 is 0. The maximum atomic E-state index is 14.0. The predicted octanol–water partition coefficient (Wildman–Crippen LogP) is 2.98. The second-order valence-corrected chi connectivity index (χ2v) is 10.8. The van der Waals surface area contributed by atoms with Crippen LogP contribution in [0.2, 0.25) is 0 Å². The largest absolute Gasteiger partial charge is 0.507 e. The van der Waals surface area contributed by atoms with Gasteiger partial charge in [0.2, 0.25) is 0 Å². The van der Waals surface area contributed by atoms with Gasteiger partial charge < -0.3 is 44.7 Å². The highest BCUT2D eigenvalue weighted by atomic mass is 16.7. The first-order valence-electron chi connectivity index (χ1n) is 13.5. The fourth-order valence-corrected chi connectivity index (χ4v) is 6.27. The van der Waals surface area contributed by atoms with E-state index < -0.39 is 46.1 Å². The molecule has 3 aromatic carbocycles. The van der Waals surface area contributed by atoms with Gasteiger partial charge in [-0.25, -0.2) is 0 Å². The number of aromatic hydroxyl groups is 2. The summed E-state index contributed by atoms with van der Waals surface area (Å²) in [5, 5.41) is 48.5. The van der Waals surface area contributed by atoms with E-state index in [1.807, 2.05) is 6.07 Å². The van der Waals surface area contributed by atoms with Gasteiger partial charge >= 0.3 is 0 Å². The molecule has 11 nitrogen and oxygen atoms in total. The van der Waals surface area contributed by atoms with Crippen LogP contribution in [0.5, 0.6) is 23.0 Å². The van der Waals surface area contributed by atoms with Crippen molar-refractivity contribution in [3.8, 4) is 23.0 Å². The van der Waals surface area contributed by atoms with Crippen LogP contribution in [0.4, 0.5) is 5.69 Å². The van der Waals surface area contributed by atoms with Crippen molar-refractivity contribution in [1.29, 1.82) is 0 Å². The molecule has 0 bridgehead atoms. The molecule has 3 aromatic rings. The van der Waals surface area contributed by atoms with Gasteiger partial charge in [0.15, 0.2) is 28.9 Å². The van der Waals surface area contributed by atoms with E-state index in [4.69, 9.17) is 18.9 Å². The fraction of sp³-hybridized carbons (Fsp3) is 0.355. The van der Waals surface area contributed by atoms with Crippen LogP contribution in [0.3, 0.4) is 0 Å². The van der Waals surface area contributed by atoms with Gasteiger partial charge in [-0.3, -0.25) is 9.59 Å². The molecule has 1 aliphatic heterocycles. The molecule has 0 amide bonds. The zero-order valence-electron chi connectivity index (χ0n) is 23.3. The molecule has 1 saturated heterocycles. The van der Waals surface area contributed by atoms with Crippen molar-refractivity contribution >= 4 is 17.3 Å². The minimum Gasteiger partial charge on any atom is -0.507 e. The van der Waals surface area contributed by atoms with E-state index in [2.05, 4.69) is 5.32 Å². The molecule has 0 saturated carbocycles. The third-order valence-electron chi connectivity index (χ3n) is 8.53. The van der Waals surface area contributed by atoms with Gasteiger partial charge in [0, 0.05) is 41.8 Å². The van der Waals surface area contributed by atoms with Crippen LogP contribution in [0.15, 0.2) is 36.4 Å².